The van der Waals surface area contributed by atoms with Gasteiger partial charge in [0.2, 0.25) is 0 Å². The second-order valence-electron chi connectivity index (χ2n) is 5.83. The van der Waals surface area contributed by atoms with E-state index in [0.29, 0.717) is 39.2 Å². The van der Waals surface area contributed by atoms with Crippen LogP contribution in [0.4, 0.5) is 0 Å². The standard InChI is InChI=1S/C22H18ClN5O2S.2C2H6/c1-5-6-15(26-3)13-31-22-18(10-25)20(17(9-24)21(23)28-22)19-8-7-16(11-27-19)30-12-14(2)29-4;2*1-2/h5-8,11-12H,1,3,13H2,2,4H3;2*1-2H3/b14-12-,15-6-;;. The number of aromatic nitrogens is 2. The van der Waals surface area contributed by atoms with Gasteiger partial charge in [-0.3, -0.25) is 9.98 Å². The fourth-order valence-corrected chi connectivity index (χ4v) is 3.52. The molecule has 0 N–H and O–H groups in total. The molecule has 0 atom stereocenters. The fourth-order valence-electron chi connectivity index (χ4n) is 2.32. The predicted molar refractivity (Wildman–Crippen MR) is 145 cm³/mol. The van der Waals surface area contributed by atoms with E-state index in [1.165, 1.54) is 31.3 Å². The van der Waals surface area contributed by atoms with Crippen LogP contribution in [0.25, 0.3) is 11.3 Å². The van der Waals surface area contributed by atoms with E-state index in [0.717, 1.165) is 0 Å². The number of pyridine rings is 2. The maximum absolute atomic E-state index is 9.83. The SMILES string of the molecule is C=C/C=C(/CSc1nc(Cl)c(C#N)c(-c2ccc(O/C=C(/C)OC)cn2)c1C#N)N=C.CC.CC. The number of hydrogen-bond acceptors (Lipinski definition) is 8. The molecule has 2 aromatic heterocycles. The third-order valence-corrected chi connectivity index (χ3v) is 5.17. The molecule has 0 saturated heterocycles. The average molecular weight is 512 g/mol. The average Bonchev–Trinajstić information content (AvgIpc) is 2.91. The largest absolute Gasteiger partial charge is 0.498 e. The van der Waals surface area contributed by atoms with E-state index in [4.69, 9.17) is 21.1 Å². The van der Waals surface area contributed by atoms with Crippen LogP contribution in [0.3, 0.4) is 0 Å². The van der Waals surface area contributed by atoms with Crippen molar-refractivity contribution in [3.05, 3.63) is 71.1 Å². The van der Waals surface area contributed by atoms with Gasteiger partial charge >= 0.3 is 0 Å². The first-order valence-corrected chi connectivity index (χ1v) is 12.1. The molecular formula is C26H30ClN5O2S. The Balaban J connectivity index is 0.00000274. The summed E-state index contributed by atoms with van der Waals surface area (Å²) < 4.78 is 10.5. The van der Waals surface area contributed by atoms with Gasteiger partial charge in [0, 0.05) is 17.0 Å². The minimum atomic E-state index is -0.0133. The van der Waals surface area contributed by atoms with Crippen LogP contribution in [0, 0.1) is 22.7 Å². The van der Waals surface area contributed by atoms with Crippen LogP contribution in [0.15, 0.2) is 64.8 Å². The van der Waals surface area contributed by atoms with E-state index in [1.807, 2.05) is 33.8 Å². The zero-order valence-corrected chi connectivity index (χ0v) is 22.5. The van der Waals surface area contributed by atoms with Crippen molar-refractivity contribution in [1.82, 2.24) is 9.97 Å². The van der Waals surface area contributed by atoms with Crippen LogP contribution >= 0.6 is 23.4 Å². The van der Waals surface area contributed by atoms with Crippen molar-refractivity contribution >= 4 is 30.1 Å². The lowest BCUT2D eigenvalue weighted by Crippen LogP contribution is -2.00. The quantitative estimate of drug-likeness (QED) is 0.114. The van der Waals surface area contributed by atoms with Gasteiger partial charge < -0.3 is 9.47 Å². The number of halogens is 1. The number of rotatable bonds is 9. The molecule has 0 unspecified atom stereocenters. The summed E-state index contributed by atoms with van der Waals surface area (Å²) in [5.41, 5.74) is 1.63. The number of allylic oxidation sites excluding steroid dienone is 3. The molecule has 0 amide bonds. The van der Waals surface area contributed by atoms with Gasteiger partial charge in [-0.25, -0.2) is 4.98 Å². The molecule has 7 nitrogen and oxygen atoms in total. The molecular weight excluding hydrogens is 482 g/mol. The number of nitrogens with zero attached hydrogens (tertiary/aromatic N) is 5. The Morgan fingerprint density at radius 1 is 1.20 bits per heavy atom. The molecule has 0 aliphatic heterocycles. The van der Waals surface area contributed by atoms with Crippen LogP contribution in [0.5, 0.6) is 5.75 Å². The number of methoxy groups -OCH3 is 1. The highest BCUT2D eigenvalue weighted by atomic mass is 35.5. The highest BCUT2D eigenvalue weighted by molar-refractivity contribution is 7.99. The molecule has 0 spiro atoms. The molecule has 35 heavy (non-hydrogen) atoms. The van der Waals surface area contributed by atoms with Crippen molar-refractivity contribution in [1.29, 1.82) is 10.5 Å². The van der Waals surface area contributed by atoms with Crippen LogP contribution in [-0.2, 0) is 4.74 Å². The maximum atomic E-state index is 9.83. The van der Waals surface area contributed by atoms with Gasteiger partial charge in [0.05, 0.1) is 24.6 Å². The van der Waals surface area contributed by atoms with Gasteiger partial charge in [0.15, 0.2) is 0 Å². The molecule has 2 aromatic rings. The molecule has 2 heterocycles. The molecule has 9 heteroatoms. The zero-order chi connectivity index (χ0) is 26.8. The summed E-state index contributed by atoms with van der Waals surface area (Å²) in [5, 5.41) is 19.8. The predicted octanol–water partition coefficient (Wildman–Crippen LogP) is 7.34. The van der Waals surface area contributed by atoms with Gasteiger partial charge in [-0.15, -0.1) is 0 Å². The normalized spacial score (nSPS) is 10.3. The summed E-state index contributed by atoms with van der Waals surface area (Å²) in [4.78, 5) is 12.5. The number of hydrogen-bond donors (Lipinski definition) is 0. The number of thioether (sulfide) groups is 1. The first-order valence-electron chi connectivity index (χ1n) is 10.8. The topological polar surface area (TPSA) is 104 Å². The third-order valence-electron chi connectivity index (χ3n) is 3.89. The van der Waals surface area contributed by atoms with Crippen molar-refractivity contribution in [2.45, 2.75) is 39.6 Å². The summed E-state index contributed by atoms with van der Waals surface area (Å²) >= 11 is 7.51. The van der Waals surface area contributed by atoms with Crippen molar-refractivity contribution in [2.75, 3.05) is 12.9 Å². The van der Waals surface area contributed by atoms with E-state index < -0.39 is 0 Å². The lowest BCUT2D eigenvalue weighted by Gasteiger charge is -2.12. The second kappa shape index (κ2) is 17.8. The summed E-state index contributed by atoms with van der Waals surface area (Å²) in [6.45, 7) is 16.9. The molecule has 0 aromatic carbocycles. The highest BCUT2D eigenvalue weighted by Gasteiger charge is 2.22. The van der Waals surface area contributed by atoms with Crippen molar-refractivity contribution < 1.29 is 9.47 Å². The van der Waals surface area contributed by atoms with Gasteiger partial charge in [0.1, 0.15) is 45.7 Å². The van der Waals surface area contributed by atoms with E-state index >= 15 is 0 Å². The van der Waals surface area contributed by atoms with Crippen LogP contribution < -0.4 is 4.74 Å². The number of aliphatic imine (C=N–C) groups is 1. The first-order chi connectivity index (χ1) is 17.0. The van der Waals surface area contributed by atoms with E-state index in [-0.39, 0.29) is 16.3 Å². The van der Waals surface area contributed by atoms with E-state index in [2.05, 4.69) is 34.3 Å². The van der Waals surface area contributed by atoms with Gasteiger partial charge in [-0.05, 0) is 31.9 Å². The van der Waals surface area contributed by atoms with Gasteiger partial charge in [0.25, 0.3) is 0 Å². The Labute approximate surface area is 217 Å². The second-order valence-corrected chi connectivity index (χ2v) is 7.15. The Bertz CT molecular complexity index is 1130. The molecule has 0 fully saturated rings. The maximum Gasteiger partial charge on any atom is 0.148 e. The lowest BCUT2D eigenvalue weighted by atomic mass is 10.0. The van der Waals surface area contributed by atoms with Crippen LogP contribution in [-0.4, -0.2) is 29.5 Å². The summed E-state index contributed by atoms with van der Waals surface area (Å²) in [6.07, 6.45) is 6.22. The Morgan fingerprint density at radius 2 is 1.86 bits per heavy atom. The molecule has 0 saturated carbocycles. The minimum absolute atomic E-state index is 0.0133. The molecule has 2 rings (SSSR count). The lowest BCUT2D eigenvalue weighted by molar-refractivity contribution is 0.276. The van der Waals surface area contributed by atoms with E-state index in [9.17, 15) is 10.5 Å². The molecule has 0 aliphatic rings. The third kappa shape index (κ3) is 9.29. The Hall–Kier alpha value is -3.59. The van der Waals surface area contributed by atoms with Crippen molar-refractivity contribution in [3.63, 3.8) is 0 Å². The monoisotopic (exact) mass is 511 g/mol. The smallest absolute Gasteiger partial charge is 0.148 e. The van der Waals surface area contributed by atoms with Crippen LogP contribution in [0.2, 0.25) is 5.15 Å². The fraction of sp³-hybridized carbons (Fsp3) is 0.269. The molecule has 0 aliphatic carbocycles. The summed E-state index contributed by atoms with van der Waals surface area (Å²) in [7, 11) is 1.54. The van der Waals surface area contributed by atoms with Crippen LogP contribution in [0.1, 0.15) is 45.7 Å². The number of ether oxygens (including phenoxy) is 2. The highest BCUT2D eigenvalue weighted by Crippen LogP contribution is 2.36. The summed E-state index contributed by atoms with van der Waals surface area (Å²) in [6, 6.07) is 7.45. The van der Waals surface area contributed by atoms with Crippen molar-refractivity contribution in [2.24, 2.45) is 4.99 Å². The molecule has 0 radical (unpaired) electrons. The zero-order valence-electron chi connectivity index (χ0n) is 20.9. The van der Waals surface area contributed by atoms with E-state index in [1.54, 1.807) is 31.2 Å². The Morgan fingerprint density at radius 3 is 2.34 bits per heavy atom. The molecule has 184 valence electrons. The number of nitriles is 2. The van der Waals surface area contributed by atoms with Crippen molar-refractivity contribution in [3.8, 4) is 29.1 Å². The summed E-state index contributed by atoms with van der Waals surface area (Å²) in [5.74, 6) is 1.44. The Kier molecular flexibility index (Phi) is 16.0. The van der Waals surface area contributed by atoms with Gasteiger partial charge in [-0.1, -0.05) is 63.7 Å². The minimum Gasteiger partial charge on any atom is -0.498 e. The first kappa shape index (κ1) is 31.4. The molecule has 0 bridgehead atoms. The van der Waals surface area contributed by atoms with Gasteiger partial charge in [-0.2, -0.15) is 10.5 Å².